The van der Waals surface area contributed by atoms with E-state index < -0.39 is 35.6 Å². The molecule has 1 rings (SSSR count). The van der Waals surface area contributed by atoms with Crippen LogP contribution in [0.4, 0.5) is 4.79 Å². The van der Waals surface area contributed by atoms with Crippen molar-refractivity contribution in [2.75, 3.05) is 13.1 Å². The minimum Gasteiger partial charge on any atom is -0.444 e. The van der Waals surface area contributed by atoms with Gasteiger partial charge in [-0.2, -0.15) is 5.26 Å². The number of amides is 3. The summed E-state index contributed by atoms with van der Waals surface area (Å²) in [6.07, 6.45) is 6.49. The SMILES string of the molecule is C#Cc1ccccc1C(C(=O)NCCCC)N(CC#N)C(=O)C(C)NC(=O)OC(C)(C)C. The van der Waals surface area contributed by atoms with Crippen molar-refractivity contribution in [2.24, 2.45) is 0 Å². The predicted octanol–water partition coefficient (Wildman–Crippen LogP) is 2.89. The van der Waals surface area contributed by atoms with Crippen LogP contribution in [0.5, 0.6) is 0 Å². The van der Waals surface area contributed by atoms with Crippen molar-refractivity contribution in [3.63, 3.8) is 0 Å². The number of nitrogens with one attached hydrogen (secondary N) is 2. The minimum atomic E-state index is -1.13. The van der Waals surface area contributed by atoms with Crippen LogP contribution >= 0.6 is 0 Å². The van der Waals surface area contributed by atoms with Crippen LogP contribution in [0.1, 0.15) is 64.6 Å². The number of ether oxygens (including phenoxy) is 1. The van der Waals surface area contributed by atoms with Crippen molar-refractivity contribution >= 4 is 17.9 Å². The molecule has 3 amide bonds. The van der Waals surface area contributed by atoms with Crippen molar-refractivity contribution in [3.05, 3.63) is 35.4 Å². The number of unbranched alkanes of at least 4 members (excludes halogenated alkanes) is 1. The Hall–Kier alpha value is -3.52. The zero-order valence-corrected chi connectivity index (χ0v) is 19.4. The first-order chi connectivity index (χ1) is 15.1. The van der Waals surface area contributed by atoms with Crippen LogP contribution in [-0.2, 0) is 14.3 Å². The molecule has 172 valence electrons. The molecule has 0 saturated carbocycles. The smallest absolute Gasteiger partial charge is 0.408 e. The first-order valence-corrected chi connectivity index (χ1v) is 10.6. The van der Waals surface area contributed by atoms with Crippen LogP contribution in [0.25, 0.3) is 0 Å². The molecule has 1 aromatic rings. The number of carbonyl (C=O) groups is 3. The number of hydrogen-bond donors (Lipinski definition) is 2. The zero-order valence-electron chi connectivity index (χ0n) is 19.4. The van der Waals surface area contributed by atoms with Gasteiger partial charge < -0.3 is 20.3 Å². The first kappa shape index (κ1) is 26.5. The fraction of sp³-hybridized carbons (Fsp3) is 0.500. The topological polar surface area (TPSA) is 112 Å². The van der Waals surface area contributed by atoms with Gasteiger partial charge in [-0.1, -0.05) is 37.5 Å². The molecule has 32 heavy (non-hydrogen) atoms. The summed E-state index contributed by atoms with van der Waals surface area (Å²) in [7, 11) is 0. The molecular weight excluding hydrogens is 408 g/mol. The molecular formula is C24H32N4O4. The quantitative estimate of drug-likeness (QED) is 0.348. The van der Waals surface area contributed by atoms with E-state index in [0.29, 0.717) is 17.7 Å². The highest BCUT2D eigenvalue weighted by Crippen LogP contribution is 2.25. The first-order valence-electron chi connectivity index (χ1n) is 10.6. The number of rotatable bonds is 9. The van der Waals surface area contributed by atoms with E-state index >= 15 is 0 Å². The molecule has 0 fully saturated rings. The third kappa shape index (κ3) is 7.96. The van der Waals surface area contributed by atoms with Gasteiger partial charge in [0, 0.05) is 12.1 Å². The number of carbonyl (C=O) groups excluding carboxylic acids is 3. The van der Waals surface area contributed by atoms with Gasteiger partial charge in [-0.3, -0.25) is 9.59 Å². The van der Waals surface area contributed by atoms with Crippen molar-refractivity contribution < 1.29 is 19.1 Å². The van der Waals surface area contributed by atoms with Gasteiger partial charge in [-0.25, -0.2) is 4.79 Å². The van der Waals surface area contributed by atoms with E-state index in [1.165, 1.54) is 6.92 Å². The lowest BCUT2D eigenvalue weighted by atomic mass is 9.97. The predicted molar refractivity (Wildman–Crippen MR) is 121 cm³/mol. The van der Waals surface area contributed by atoms with Crippen LogP contribution in [-0.4, -0.2) is 47.5 Å². The number of benzene rings is 1. The van der Waals surface area contributed by atoms with E-state index in [4.69, 9.17) is 11.2 Å². The molecule has 0 aliphatic rings. The Labute approximate surface area is 190 Å². The van der Waals surface area contributed by atoms with Gasteiger partial charge in [0.15, 0.2) is 0 Å². The third-order valence-electron chi connectivity index (χ3n) is 4.43. The number of alkyl carbamates (subject to hydrolysis) is 1. The minimum absolute atomic E-state index is 0.371. The second-order valence-electron chi connectivity index (χ2n) is 8.27. The maximum atomic E-state index is 13.3. The van der Waals surface area contributed by atoms with Crippen molar-refractivity contribution in [1.82, 2.24) is 15.5 Å². The maximum absolute atomic E-state index is 13.3. The number of hydrogen-bond acceptors (Lipinski definition) is 5. The van der Waals surface area contributed by atoms with Gasteiger partial charge in [0.2, 0.25) is 11.8 Å². The van der Waals surface area contributed by atoms with E-state index in [2.05, 4.69) is 16.6 Å². The summed E-state index contributed by atoms with van der Waals surface area (Å²) in [5, 5.41) is 14.7. The molecule has 2 N–H and O–H groups in total. The normalized spacial score (nSPS) is 12.5. The largest absolute Gasteiger partial charge is 0.444 e. The summed E-state index contributed by atoms with van der Waals surface area (Å²) in [4.78, 5) is 39.7. The Balaban J connectivity index is 3.30. The Bertz CT molecular complexity index is 892. The van der Waals surface area contributed by atoms with E-state index in [1.807, 2.05) is 13.0 Å². The Morgan fingerprint density at radius 3 is 2.47 bits per heavy atom. The summed E-state index contributed by atoms with van der Waals surface area (Å²) < 4.78 is 5.20. The molecule has 8 nitrogen and oxygen atoms in total. The summed E-state index contributed by atoms with van der Waals surface area (Å²) in [6, 6.07) is 6.52. The van der Waals surface area contributed by atoms with Crippen molar-refractivity contribution in [1.29, 1.82) is 5.26 Å². The highest BCUT2D eigenvalue weighted by molar-refractivity contribution is 5.92. The summed E-state index contributed by atoms with van der Waals surface area (Å²) in [6.45, 7) is 8.62. The molecule has 0 radical (unpaired) electrons. The molecule has 2 atom stereocenters. The van der Waals surface area contributed by atoms with Crippen LogP contribution in [0, 0.1) is 23.7 Å². The highest BCUT2D eigenvalue weighted by Gasteiger charge is 2.35. The second-order valence-corrected chi connectivity index (χ2v) is 8.27. The van der Waals surface area contributed by atoms with Gasteiger partial charge in [0.05, 0.1) is 6.07 Å². The maximum Gasteiger partial charge on any atom is 0.408 e. The lowest BCUT2D eigenvalue weighted by molar-refractivity contribution is -0.141. The molecule has 2 unspecified atom stereocenters. The van der Waals surface area contributed by atoms with Crippen LogP contribution < -0.4 is 10.6 Å². The summed E-state index contributed by atoms with van der Waals surface area (Å²) in [5.74, 6) is 1.47. The third-order valence-corrected chi connectivity index (χ3v) is 4.43. The van der Waals surface area contributed by atoms with Gasteiger partial charge in [0.1, 0.15) is 24.2 Å². The fourth-order valence-electron chi connectivity index (χ4n) is 2.97. The van der Waals surface area contributed by atoms with E-state index in [0.717, 1.165) is 17.7 Å². The Morgan fingerprint density at radius 1 is 1.25 bits per heavy atom. The molecule has 0 aromatic heterocycles. The Morgan fingerprint density at radius 2 is 1.91 bits per heavy atom. The lowest BCUT2D eigenvalue weighted by Gasteiger charge is -2.32. The molecule has 1 aromatic carbocycles. The standard InChI is InChI=1S/C24H32N4O4/c1-7-9-15-26-21(29)20(19-13-11-10-12-18(19)8-2)28(16-14-25)22(30)17(3)27-23(31)32-24(4,5)6/h2,10-13,17,20H,7,9,15-16H2,1,3-6H3,(H,26,29)(H,27,31). The fourth-order valence-corrected chi connectivity index (χ4v) is 2.97. The lowest BCUT2D eigenvalue weighted by Crippen LogP contribution is -2.52. The molecule has 0 aliphatic heterocycles. The van der Waals surface area contributed by atoms with Crippen LogP contribution in [0.3, 0.4) is 0 Å². The van der Waals surface area contributed by atoms with Crippen molar-refractivity contribution in [2.45, 2.75) is 65.1 Å². The van der Waals surface area contributed by atoms with Crippen LogP contribution in [0.15, 0.2) is 24.3 Å². The number of nitriles is 1. The molecule has 8 heteroatoms. The second kappa shape index (κ2) is 12.4. The highest BCUT2D eigenvalue weighted by atomic mass is 16.6. The van der Waals surface area contributed by atoms with Gasteiger partial charge in [0.25, 0.3) is 0 Å². The van der Waals surface area contributed by atoms with Crippen molar-refractivity contribution in [3.8, 4) is 18.4 Å². The zero-order chi connectivity index (χ0) is 24.3. The summed E-state index contributed by atoms with van der Waals surface area (Å²) in [5.41, 5.74) is 0.121. The monoisotopic (exact) mass is 440 g/mol. The average Bonchev–Trinajstić information content (AvgIpc) is 2.71. The molecule has 0 heterocycles. The number of nitrogens with zero attached hydrogens (tertiary/aromatic N) is 2. The summed E-state index contributed by atoms with van der Waals surface area (Å²) >= 11 is 0. The molecule has 0 bridgehead atoms. The van der Waals surface area contributed by atoms with E-state index in [1.54, 1.807) is 45.0 Å². The van der Waals surface area contributed by atoms with Gasteiger partial charge in [-0.15, -0.1) is 6.42 Å². The molecule has 0 saturated heterocycles. The molecule has 0 spiro atoms. The number of terminal acetylenes is 1. The average molecular weight is 441 g/mol. The van der Waals surface area contributed by atoms with Gasteiger partial charge in [-0.05, 0) is 45.7 Å². The Kier molecular flexibility index (Phi) is 10.2. The molecule has 0 aliphatic carbocycles. The van der Waals surface area contributed by atoms with Gasteiger partial charge >= 0.3 is 6.09 Å². The van der Waals surface area contributed by atoms with E-state index in [-0.39, 0.29) is 6.54 Å². The van der Waals surface area contributed by atoms with E-state index in [9.17, 15) is 19.6 Å². The van der Waals surface area contributed by atoms with Crippen LogP contribution in [0.2, 0.25) is 0 Å².